The van der Waals surface area contributed by atoms with Crippen molar-refractivity contribution in [1.29, 1.82) is 0 Å². The van der Waals surface area contributed by atoms with E-state index < -0.39 is 0 Å². The molecule has 90 valence electrons. The topological polar surface area (TPSA) is 69.9 Å². The molecule has 1 rings (SSSR count). The Labute approximate surface area is 95.0 Å². The van der Waals surface area contributed by atoms with E-state index >= 15 is 0 Å². The molecular weight excluding hydrogens is 208 g/mol. The van der Waals surface area contributed by atoms with E-state index in [-0.39, 0.29) is 24.2 Å². The quantitative estimate of drug-likeness (QED) is 0.701. The SMILES string of the molecule is CCOC(C(=O)Cc1nnn(C)n1)C(C)C. The Morgan fingerprint density at radius 2 is 2.19 bits per heavy atom. The van der Waals surface area contributed by atoms with Gasteiger partial charge in [-0.05, 0) is 18.1 Å². The molecular formula is C10H18N4O2. The Balaban J connectivity index is 2.61. The number of rotatable bonds is 6. The molecule has 6 heteroatoms. The molecule has 6 nitrogen and oxygen atoms in total. The van der Waals surface area contributed by atoms with Crippen molar-refractivity contribution < 1.29 is 9.53 Å². The summed E-state index contributed by atoms with van der Waals surface area (Å²) in [6, 6.07) is 0. The minimum atomic E-state index is -0.381. The van der Waals surface area contributed by atoms with Gasteiger partial charge in [0.15, 0.2) is 11.6 Å². The lowest BCUT2D eigenvalue weighted by Crippen LogP contribution is -2.31. The zero-order chi connectivity index (χ0) is 12.1. The number of nitrogens with zero attached hydrogens (tertiary/aromatic N) is 4. The van der Waals surface area contributed by atoms with E-state index in [1.54, 1.807) is 7.05 Å². The molecule has 1 unspecified atom stereocenters. The molecule has 0 amide bonds. The van der Waals surface area contributed by atoms with Gasteiger partial charge in [0.1, 0.15) is 6.10 Å². The summed E-state index contributed by atoms with van der Waals surface area (Å²) in [5.74, 6) is 0.604. The molecule has 0 aliphatic carbocycles. The molecule has 1 heterocycles. The summed E-state index contributed by atoms with van der Waals surface area (Å²) in [5, 5.41) is 11.4. The van der Waals surface area contributed by atoms with Crippen LogP contribution in [0.4, 0.5) is 0 Å². The molecule has 0 aliphatic rings. The molecule has 0 radical (unpaired) electrons. The minimum absolute atomic E-state index is 0.00449. The van der Waals surface area contributed by atoms with Gasteiger partial charge in [-0.1, -0.05) is 13.8 Å². The van der Waals surface area contributed by atoms with Crippen molar-refractivity contribution in [2.24, 2.45) is 13.0 Å². The average Bonchev–Trinajstić information content (AvgIpc) is 2.59. The van der Waals surface area contributed by atoms with Crippen LogP contribution in [0.25, 0.3) is 0 Å². The first-order valence-corrected chi connectivity index (χ1v) is 5.41. The summed E-state index contributed by atoms with van der Waals surface area (Å²) < 4.78 is 5.41. The third kappa shape index (κ3) is 3.37. The second kappa shape index (κ2) is 5.69. The van der Waals surface area contributed by atoms with Crippen LogP contribution in [0.1, 0.15) is 26.6 Å². The van der Waals surface area contributed by atoms with Gasteiger partial charge in [-0.15, -0.1) is 10.2 Å². The van der Waals surface area contributed by atoms with Crippen LogP contribution in [0.5, 0.6) is 0 Å². The molecule has 0 saturated carbocycles. The molecule has 0 N–H and O–H groups in total. The zero-order valence-electron chi connectivity index (χ0n) is 10.2. The Hall–Kier alpha value is -1.30. The fourth-order valence-electron chi connectivity index (χ4n) is 1.49. The van der Waals surface area contributed by atoms with Gasteiger partial charge in [-0.25, -0.2) is 0 Å². The van der Waals surface area contributed by atoms with E-state index in [0.717, 1.165) is 0 Å². The number of carbonyl (C=O) groups excluding carboxylic acids is 1. The van der Waals surface area contributed by atoms with E-state index in [0.29, 0.717) is 12.4 Å². The molecule has 0 bridgehead atoms. The van der Waals surface area contributed by atoms with Gasteiger partial charge in [0.25, 0.3) is 0 Å². The summed E-state index contributed by atoms with van der Waals surface area (Å²) in [7, 11) is 1.67. The summed E-state index contributed by atoms with van der Waals surface area (Å²) in [6.07, 6.45) is -0.203. The van der Waals surface area contributed by atoms with Crippen LogP contribution in [0, 0.1) is 5.92 Å². The van der Waals surface area contributed by atoms with Gasteiger partial charge < -0.3 is 4.74 Å². The fourth-order valence-corrected chi connectivity index (χ4v) is 1.49. The maximum Gasteiger partial charge on any atom is 0.182 e. The fraction of sp³-hybridized carbons (Fsp3) is 0.800. The van der Waals surface area contributed by atoms with Crippen LogP contribution < -0.4 is 0 Å². The highest BCUT2D eigenvalue weighted by atomic mass is 16.5. The number of hydrogen-bond acceptors (Lipinski definition) is 5. The average molecular weight is 226 g/mol. The molecule has 0 spiro atoms. The third-order valence-electron chi connectivity index (χ3n) is 2.15. The van der Waals surface area contributed by atoms with Gasteiger partial charge in [0.2, 0.25) is 0 Å². The number of Topliss-reactive ketones (excluding diaryl/α,β-unsaturated/α-hetero) is 1. The predicted molar refractivity (Wildman–Crippen MR) is 57.8 cm³/mol. The Morgan fingerprint density at radius 1 is 1.50 bits per heavy atom. The highest BCUT2D eigenvalue weighted by Crippen LogP contribution is 2.09. The summed E-state index contributed by atoms with van der Waals surface area (Å²) in [6.45, 7) is 6.33. The molecule has 0 saturated heterocycles. The van der Waals surface area contributed by atoms with Crippen LogP contribution in [0.15, 0.2) is 0 Å². The van der Waals surface area contributed by atoms with Crippen LogP contribution in [-0.2, 0) is 23.0 Å². The second-order valence-corrected chi connectivity index (χ2v) is 3.96. The van der Waals surface area contributed by atoms with Crippen molar-refractivity contribution >= 4 is 5.78 Å². The lowest BCUT2D eigenvalue weighted by molar-refractivity contribution is -0.132. The van der Waals surface area contributed by atoms with Crippen LogP contribution in [-0.4, -0.2) is 38.7 Å². The van der Waals surface area contributed by atoms with Crippen molar-refractivity contribution in [1.82, 2.24) is 20.2 Å². The van der Waals surface area contributed by atoms with Crippen LogP contribution >= 0.6 is 0 Å². The van der Waals surface area contributed by atoms with Crippen LogP contribution in [0.2, 0.25) is 0 Å². The van der Waals surface area contributed by atoms with E-state index in [2.05, 4.69) is 15.4 Å². The maximum absolute atomic E-state index is 11.9. The van der Waals surface area contributed by atoms with E-state index in [1.807, 2.05) is 20.8 Å². The van der Waals surface area contributed by atoms with Crippen molar-refractivity contribution in [3.05, 3.63) is 5.82 Å². The zero-order valence-corrected chi connectivity index (χ0v) is 10.2. The largest absolute Gasteiger partial charge is 0.370 e. The Bertz CT molecular complexity index is 348. The highest BCUT2D eigenvalue weighted by molar-refractivity contribution is 5.84. The van der Waals surface area contributed by atoms with Gasteiger partial charge in [-0.2, -0.15) is 4.80 Å². The van der Waals surface area contributed by atoms with Crippen molar-refractivity contribution in [2.45, 2.75) is 33.3 Å². The van der Waals surface area contributed by atoms with E-state index in [4.69, 9.17) is 4.74 Å². The van der Waals surface area contributed by atoms with Crippen LogP contribution in [0.3, 0.4) is 0 Å². The van der Waals surface area contributed by atoms with Crippen molar-refractivity contribution in [3.63, 3.8) is 0 Å². The minimum Gasteiger partial charge on any atom is -0.370 e. The van der Waals surface area contributed by atoms with Gasteiger partial charge in [0.05, 0.1) is 13.5 Å². The van der Waals surface area contributed by atoms with Gasteiger partial charge in [0, 0.05) is 6.61 Å². The number of aryl methyl sites for hydroxylation is 1. The Kier molecular flexibility index (Phi) is 4.54. The van der Waals surface area contributed by atoms with Gasteiger partial charge >= 0.3 is 0 Å². The van der Waals surface area contributed by atoms with Gasteiger partial charge in [-0.3, -0.25) is 4.79 Å². The summed E-state index contributed by atoms with van der Waals surface area (Å²) in [5.41, 5.74) is 0. The number of carbonyl (C=O) groups is 1. The summed E-state index contributed by atoms with van der Waals surface area (Å²) >= 11 is 0. The molecule has 0 fully saturated rings. The predicted octanol–water partition coefficient (Wildman–Crippen LogP) is 0.383. The number of hydrogen-bond donors (Lipinski definition) is 0. The molecule has 1 aromatic rings. The number of ketones is 1. The standard InChI is InChI=1S/C10H18N4O2/c1-5-16-10(7(2)3)8(15)6-9-11-13-14(4)12-9/h7,10H,5-6H2,1-4H3. The lowest BCUT2D eigenvalue weighted by Gasteiger charge is -2.18. The monoisotopic (exact) mass is 226 g/mol. The first-order chi connectivity index (χ1) is 7.54. The highest BCUT2D eigenvalue weighted by Gasteiger charge is 2.23. The molecule has 1 atom stereocenters. The maximum atomic E-state index is 11.9. The Morgan fingerprint density at radius 3 is 2.62 bits per heavy atom. The van der Waals surface area contributed by atoms with E-state index in [9.17, 15) is 4.79 Å². The van der Waals surface area contributed by atoms with Crippen molar-refractivity contribution in [3.8, 4) is 0 Å². The summed E-state index contributed by atoms with van der Waals surface area (Å²) in [4.78, 5) is 13.3. The number of ether oxygens (including phenoxy) is 1. The first kappa shape index (κ1) is 12.8. The third-order valence-corrected chi connectivity index (χ3v) is 2.15. The van der Waals surface area contributed by atoms with E-state index in [1.165, 1.54) is 4.80 Å². The molecule has 0 aromatic carbocycles. The molecule has 16 heavy (non-hydrogen) atoms. The molecule has 1 aromatic heterocycles. The first-order valence-electron chi connectivity index (χ1n) is 5.41. The lowest BCUT2D eigenvalue weighted by atomic mass is 10.0. The molecule has 0 aliphatic heterocycles. The second-order valence-electron chi connectivity index (χ2n) is 3.96. The normalized spacial score (nSPS) is 13.1. The smallest absolute Gasteiger partial charge is 0.182 e. The number of tetrazole rings is 1. The van der Waals surface area contributed by atoms with Crippen molar-refractivity contribution in [2.75, 3.05) is 6.61 Å². The number of aromatic nitrogens is 4.